The van der Waals surface area contributed by atoms with Crippen molar-refractivity contribution in [3.05, 3.63) is 75.8 Å². The number of aromatic hydroxyl groups is 1. The van der Waals surface area contributed by atoms with Crippen LogP contribution in [0.5, 0.6) is 5.75 Å². The fourth-order valence-electron chi connectivity index (χ4n) is 6.08. The number of phenols is 1. The summed E-state index contributed by atoms with van der Waals surface area (Å²) in [6.45, 7) is 0. The Labute approximate surface area is 238 Å². The first-order valence-electron chi connectivity index (χ1n) is 13.0. The zero-order valence-corrected chi connectivity index (χ0v) is 22.6. The highest BCUT2D eigenvalue weighted by Crippen LogP contribution is 2.53. The second kappa shape index (κ2) is 10.0. The predicted octanol–water partition coefficient (Wildman–Crippen LogP) is 1.61. The van der Waals surface area contributed by atoms with Crippen molar-refractivity contribution in [1.29, 1.82) is 0 Å². The molecule has 218 valence electrons. The van der Waals surface area contributed by atoms with Crippen LogP contribution in [0, 0.1) is 11.8 Å². The number of urea groups is 1. The Hall–Kier alpha value is -5.17. The molecule has 13 nitrogen and oxygen atoms in total. The quantitative estimate of drug-likeness (QED) is 0.206. The number of nitrogens with two attached hydrogens (primary N) is 1. The van der Waals surface area contributed by atoms with Crippen LogP contribution in [0.1, 0.15) is 39.1 Å². The Morgan fingerprint density at radius 1 is 1.05 bits per heavy atom. The molecule has 0 spiro atoms. The summed E-state index contributed by atoms with van der Waals surface area (Å²) in [6.07, 6.45) is -0.254. The number of carbonyl (C=O) groups excluding carboxylic acids is 5. The van der Waals surface area contributed by atoms with E-state index in [1.54, 1.807) is 37.2 Å². The zero-order chi connectivity index (χ0) is 30.7. The molecule has 3 atom stereocenters. The summed E-state index contributed by atoms with van der Waals surface area (Å²) < 4.78 is 0. The van der Waals surface area contributed by atoms with Gasteiger partial charge in [-0.15, -0.1) is 0 Å². The van der Waals surface area contributed by atoms with Crippen LogP contribution >= 0.6 is 0 Å². The van der Waals surface area contributed by atoms with E-state index in [1.165, 1.54) is 18.2 Å². The van der Waals surface area contributed by atoms with E-state index in [4.69, 9.17) is 5.73 Å². The number of amides is 4. The van der Waals surface area contributed by atoms with Gasteiger partial charge in [0, 0.05) is 43.3 Å². The van der Waals surface area contributed by atoms with Gasteiger partial charge in [-0.25, -0.2) is 4.79 Å². The number of hydrogen-bond donors (Lipinski definition) is 7. The lowest BCUT2D eigenvalue weighted by molar-refractivity contribution is -0.144. The highest BCUT2D eigenvalue weighted by molar-refractivity contribution is 6.24. The van der Waals surface area contributed by atoms with Gasteiger partial charge in [-0.05, 0) is 42.5 Å². The number of primary amides is 1. The summed E-state index contributed by atoms with van der Waals surface area (Å²) in [5.41, 5.74) is 1.91. The van der Waals surface area contributed by atoms with Crippen LogP contribution in [-0.2, 0) is 16.0 Å². The highest BCUT2D eigenvalue weighted by Gasteiger charge is 2.59. The Kier molecular flexibility index (Phi) is 6.77. The number of benzene rings is 2. The first-order chi connectivity index (χ1) is 19.8. The molecule has 0 aliphatic heterocycles. The van der Waals surface area contributed by atoms with Crippen molar-refractivity contribution < 1.29 is 44.4 Å². The Balaban J connectivity index is 1.56. The number of hydrogen-bond acceptors (Lipinski definition) is 10. The maximum atomic E-state index is 13.9. The maximum absolute atomic E-state index is 13.9. The number of imide groups is 1. The smallest absolute Gasteiger partial charge is 0.326 e. The van der Waals surface area contributed by atoms with E-state index in [-0.39, 0.29) is 41.6 Å². The summed E-state index contributed by atoms with van der Waals surface area (Å²) in [5, 5.41) is 48.6. The molecule has 42 heavy (non-hydrogen) atoms. The number of nitrogens with zero attached hydrogens (tertiary/aromatic N) is 1. The second-order valence-corrected chi connectivity index (χ2v) is 10.7. The van der Waals surface area contributed by atoms with Crippen LogP contribution in [0.3, 0.4) is 0 Å². The van der Waals surface area contributed by atoms with E-state index in [1.807, 2.05) is 0 Å². The number of rotatable bonds is 4. The molecule has 8 N–H and O–H groups in total. The molecule has 0 aromatic heterocycles. The van der Waals surface area contributed by atoms with E-state index in [9.17, 15) is 44.4 Å². The molecule has 0 radical (unpaired) electrons. The minimum absolute atomic E-state index is 0.0133. The number of allylic oxidation sites excluding steroid dienone is 2. The lowest BCUT2D eigenvalue weighted by Gasteiger charge is -2.45. The molecule has 0 saturated heterocycles. The van der Waals surface area contributed by atoms with Gasteiger partial charge >= 0.3 is 6.03 Å². The highest BCUT2D eigenvalue weighted by atomic mass is 16.3. The van der Waals surface area contributed by atoms with Gasteiger partial charge < -0.3 is 36.4 Å². The Morgan fingerprint density at radius 2 is 1.71 bits per heavy atom. The number of aliphatic hydroxyl groups is 3. The third-order valence-electron chi connectivity index (χ3n) is 8.03. The molecule has 0 unspecified atom stereocenters. The van der Waals surface area contributed by atoms with Gasteiger partial charge in [-0.3, -0.25) is 24.5 Å². The molecule has 13 heteroatoms. The molecule has 5 rings (SSSR count). The van der Waals surface area contributed by atoms with Crippen LogP contribution < -0.4 is 21.3 Å². The first kappa shape index (κ1) is 28.4. The Morgan fingerprint density at radius 3 is 2.33 bits per heavy atom. The van der Waals surface area contributed by atoms with Gasteiger partial charge in [0.15, 0.2) is 17.1 Å². The molecule has 4 amide bonds. The number of fused-ring (bicyclic) bond motifs is 3. The average molecular weight is 577 g/mol. The molecule has 0 fully saturated rings. The lowest BCUT2D eigenvalue weighted by atomic mass is 9.60. The minimum Gasteiger partial charge on any atom is -0.511 e. The summed E-state index contributed by atoms with van der Waals surface area (Å²) in [6, 6.07) is 8.38. The summed E-state index contributed by atoms with van der Waals surface area (Å²) >= 11 is 0. The van der Waals surface area contributed by atoms with Crippen LogP contribution in [0.2, 0.25) is 0 Å². The number of Topliss-reactive ketones (excluding diaryl/α,β-unsaturated/α-hetero) is 2. The molecule has 3 aliphatic carbocycles. The van der Waals surface area contributed by atoms with Gasteiger partial charge in [-0.2, -0.15) is 0 Å². The molecule has 0 saturated carbocycles. The van der Waals surface area contributed by atoms with Crippen molar-refractivity contribution >= 4 is 40.8 Å². The standard InChI is InChI=1S/C29H28N4O9/c1-33(2)17-11-16(31-28(41)32-27(40)12-6-4-3-5-7-12)22(35)20-15(17)9-13-8-14-10-18(34)21(26(30)39)25(38)29(14,42)24(37)19(13)23(20)36/h3-7,11,13-14,34-35,37,42H,8-10H2,1-2H3,(H2,30,39)(H2,31,32,40,41)/t13-,14+,29+/m1/s1. The lowest BCUT2D eigenvalue weighted by Crippen LogP contribution is -2.57. The van der Waals surface area contributed by atoms with E-state index in [0.29, 0.717) is 11.3 Å². The van der Waals surface area contributed by atoms with Crippen molar-refractivity contribution in [3.8, 4) is 5.75 Å². The SMILES string of the molecule is CN(C)c1cc(NC(=O)NC(=O)c2ccccc2)c(O)c2c1C[C@H]1C[C@H]3CC(O)=C(C(N)=O)C(=O)[C@@]3(O)C(O)=C1C2=O. The number of aliphatic hydroxyl groups excluding tert-OH is 2. The van der Waals surface area contributed by atoms with Crippen LogP contribution in [0.4, 0.5) is 16.2 Å². The van der Waals surface area contributed by atoms with Crippen molar-refractivity contribution in [1.82, 2.24) is 5.32 Å². The number of anilines is 2. The molecule has 0 heterocycles. The normalized spacial score (nSPS) is 23.0. The van der Waals surface area contributed by atoms with Gasteiger partial charge in [-0.1, -0.05) is 18.2 Å². The topological polar surface area (TPSA) is 220 Å². The van der Waals surface area contributed by atoms with Crippen molar-refractivity contribution in [2.75, 3.05) is 24.3 Å². The largest absolute Gasteiger partial charge is 0.511 e. The second-order valence-electron chi connectivity index (χ2n) is 10.7. The third kappa shape index (κ3) is 4.25. The molecule has 0 bridgehead atoms. The fraction of sp³-hybridized carbons (Fsp3) is 0.276. The van der Waals surface area contributed by atoms with Gasteiger partial charge in [0.05, 0.1) is 11.3 Å². The number of nitrogens with one attached hydrogen (secondary N) is 2. The first-order valence-corrected chi connectivity index (χ1v) is 13.0. The van der Waals surface area contributed by atoms with Gasteiger partial charge in [0.25, 0.3) is 11.8 Å². The number of carbonyl (C=O) groups is 5. The Bertz CT molecular complexity index is 1640. The van der Waals surface area contributed by atoms with Gasteiger partial charge in [0.2, 0.25) is 5.78 Å². The van der Waals surface area contributed by atoms with E-state index >= 15 is 0 Å². The molecular weight excluding hydrogens is 548 g/mol. The van der Waals surface area contributed by atoms with Crippen LogP contribution in [0.25, 0.3) is 0 Å². The summed E-state index contributed by atoms with van der Waals surface area (Å²) in [4.78, 5) is 65.6. The summed E-state index contributed by atoms with van der Waals surface area (Å²) in [5.74, 6) is -8.22. The molecule has 2 aromatic carbocycles. The van der Waals surface area contributed by atoms with E-state index in [0.717, 1.165) is 0 Å². The number of ketones is 2. The van der Waals surface area contributed by atoms with Crippen molar-refractivity contribution in [3.63, 3.8) is 0 Å². The van der Waals surface area contributed by atoms with Gasteiger partial charge in [0.1, 0.15) is 17.1 Å². The molecule has 2 aromatic rings. The average Bonchev–Trinajstić information content (AvgIpc) is 2.92. The van der Waals surface area contributed by atoms with Crippen molar-refractivity contribution in [2.24, 2.45) is 17.6 Å². The molecule has 3 aliphatic rings. The summed E-state index contributed by atoms with van der Waals surface area (Å²) in [7, 11) is 3.35. The van der Waals surface area contributed by atoms with Crippen molar-refractivity contribution in [2.45, 2.75) is 24.9 Å². The predicted molar refractivity (Wildman–Crippen MR) is 148 cm³/mol. The van der Waals surface area contributed by atoms with Crippen LogP contribution in [-0.4, -0.2) is 69.5 Å². The van der Waals surface area contributed by atoms with Crippen LogP contribution in [0.15, 0.2) is 59.1 Å². The molecular formula is C29H28N4O9. The monoisotopic (exact) mass is 576 g/mol. The minimum atomic E-state index is -2.69. The number of phenolic OH excluding ortho intramolecular Hbond substituents is 1. The van der Waals surface area contributed by atoms with E-state index in [2.05, 4.69) is 10.6 Å². The third-order valence-corrected chi connectivity index (χ3v) is 8.03. The van der Waals surface area contributed by atoms with E-state index < -0.39 is 69.7 Å². The fourth-order valence-corrected chi connectivity index (χ4v) is 6.08. The zero-order valence-electron chi connectivity index (χ0n) is 22.6. The maximum Gasteiger partial charge on any atom is 0.326 e.